The third-order valence-electron chi connectivity index (χ3n) is 4.80. The first-order valence-electron chi connectivity index (χ1n) is 9.09. The molecular weight excluding hydrogens is 360 g/mol. The molecule has 1 aliphatic rings. The number of H-pyrrole nitrogens is 1. The number of anilines is 2. The quantitative estimate of drug-likeness (QED) is 0.409. The molecule has 144 valence electrons. The number of rotatable bonds is 4. The Bertz CT molecular complexity index is 1070. The Kier molecular flexibility index (Phi) is 5.05. The zero-order valence-corrected chi connectivity index (χ0v) is 15.0. The summed E-state index contributed by atoms with van der Waals surface area (Å²) in [5.41, 5.74) is 3.70. The number of nitrogens with zero attached hydrogens (tertiary/aromatic N) is 1. The van der Waals surface area contributed by atoms with Gasteiger partial charge in [-0.1, -0.05) is 24.3 Å². The zero-order chi connectivity index (χ0) is 19.5. The van der Waals surface area contributed by atoms with Gasteiger partial charge in [-0.2, -0.15) is 0 Å². The van der Waals surface area contributed by atoms with Gasteiger partial charge in [-0.25, -0.2) is 10.5 Å². The van der Waals surface area contributed by atoms with Gasteiger partial charge in [0.05, 0.1) is 17.0 Å². The van der Waals surface area contributed by atoms with E-state index in [4.69, 9.17) is 9.94 Å². The van der Waals surface area contributed by atoms with E-state index in [2.05, 4.69) is 15.3 Å². The molecule has 0 spiro atoms. The Hall–Kier alpha value is -3.23. The summed E-state index contributed by atoms with van der Waals surface area (Å²) in [5.74, 6) is -0.181. The lowest BCUT2D eigenvalue weighted by Crippen LogP contribution is -2.37. The first-order chi connectivity index (χ1) is 13.6. The van der Waals surface area contributed by atoms with Crippen LogP contribution in [0.4, 0.5) is 11.6 Å². The van der Waals surface area contributed by atoms with Gasteiger partial charge in [-0.3, -0.25) is 19.8 Å². The summed E-state index contributed by atoms with van der Waals surface area (Å²) < 4.78 is 5.83. The molecule has 0 saturated carbocycles. The second-order valence-electron chi connectivity index (χ2n) is 6.70. The van der Waals surface area contributed by atoms with Crippen molar-refractivity contribution < 1.29 is 14.7 Å². The van der Waals surface area contributed by atoms with Gasteiger partial charge in [0.15, 0.2) is 0 Å². The fraction of sp³-hybridized carbons (Fsp3) is 0.250. The highest BCUT2D eigenvalue weighted by Crippen LogP contribution is 2.32. The molecule has 2 unspecified atom stereocenters. The van der Waals surface area contributed by atoms with Crippen LogP contribution in [0.5, 0.6) is 0 Å². The highest BCUT2D eigenvalue weighted by molar-refractivity contribution is 5.80. The molecule has 1 aromatic heterocycles. The molecule has 2 heterocycles. The third kappa shape index (κ3) is 3.73. The second-order valence-corrected chi connectivity index (χ2v) is 6.70. The number of amides is 1. The second kappa shape index (κ2) is 7.79. The van der Waals surface area contributed by atoms with Crippen molar-refractivity contribution in [3.63, 3.8) is 0 Å². The Morgan fingerprint density at radius 3 is 2.89 bits per heavy atom. The monoisotopic (exact) mass is 380 g/mol. The highest BCUT2D eigenvalue weighted by atomic mass is 16.5. The maximum absolute atomic E-state index is 12.2. The van der Waals surface area contributed by atoms with Crippen molar-refractivity contribution in [3.8, 4) is 0 Å². The SMILES string of the molecule is O=C(NO)C1CCCC(c2cccc(Nc3nc4ccccc4c(=O)[nH]3)c2)O1. The molecule has 1 amide bonds. The Balaban J connectivity index is 1.56. The normalized spacial score (nSPS) is 19.3. The number of ether oxygens (including phenoxy) is 1. The van der Waals surface area contributed by atoms with Gasteiger partial charge in [0.1, 0.15) is 6.10 Å². The molecule has 0 bridgehead atoms. The molecule has 2 aromatic carbocycles. The minimum atomic E-state index is -0.668. The molecule has 0 radical (unpaired) electrons. The van der Waals surface area contributed by atoms with Crippen LogP contribution in [0.15, 0.2) is 53.3 Å². The van der Waals surface area contributed by atoms with E-state index >= 15 is 0 Å². The molecular formula is C20H20N4O4. The maximum Gasteiger partial charge on any atom is 0.272 e. The number of aromatic amines is 1. The molecule has 28 heavy (non-hydrogen) atoms. The van der Waals surface area contributed by atoms with Crippen LogP contribution >= 0.6 is 0 Å². The number of carbonyl (C=O) groups is 1. The Morgan fingerprint density at radius 1 is 1.18 bits per heavy atom. The van der Waals surface area contributed by atoms with E-state index in [1.165, 1.54) is 0 Å². The molecule has 0 aliphatic carbocycles. The lowest BCUT2D eigenvalue weighted by atomic mass is 9.98. The average molecular weight is 380 g/mol. The van der Waals surface area contributed by atoms with Gasteiger partial charge < -0.3 is 10.1 Å². The number of carbonyl (C=O) groups excluding carboxylic acids is 1. The number of para-hydroxylation sites is 1. The van der Waals surface area contributed by atoms with Gasteiger partial charge in [-0.05, 0) is 49.1 Å². The summed E-state index contributed by atoms with van der Waals surface area (Å²) in [6.45, 7) is 0. The Labute approximate surface area is 160 Å². The van der Waals surface area contributed by atoms with Crippen LogP contribution in [-0.4, -0.2) is 27.2 Å². The molecule has 4 rings (SSSR count). The van der Waals surface area contributed by atoms with E-state index in [-0.39, 0.29) is 11.7 Å². The third-order valence-corrected chi connectivity index (χ3v) is 4.80. The molecule has 1 fully saturated rings. The number of benzene rings is 2. The van der Waals surface area contributed by atoms with Crippen molar-refractivity contribution in [2.45, 2.75) is 31.5 Å². The van der Waals surface area contributed by atoms with Crippen LogP contribution in [0.25, 0.3) is 10.9 Å². The van der Waals surface area contributed by atoms with E-state index < -0.39 is 12.0 Å². The minimum absolute atomic E-state index is 0.210. The molecule has 3 aromatic rings. The molecule has 1 aliphatic heterocycles. The number of fused-ring (bicyclic) bond motifs is 1. The van der Waals surface area contributed by atoms with Crippen LogP contribution in [0, 0.1) is 0 Å². The fourth-order valence-electron chi connectivity index (χ4n) is 3.43. The van der Waals surface area contributed by atoms with E-state index in [0.717, 1.165) is 24.1 Å². The van der Waals surface area contributed by atoms with E-state index in [1.54, 1.807) is 23.7 Å². The minimum Gasteiger partial charge on any atom is -0.360 e. The standard InChI is InChI=1S/C20H20N4O4/c25-18-14-7-1-2-8-15(14)22-20(23-18)21-13-6-3-5-12(11-13)16-9-4-10-17(28-16)19(26)24-27/h1-3,5-8,11,16-17,27H,4,9-10H2,(H,24,26)(H2,21,22,23,25). The van der Waals surface area contributed by atoms with Crippen molar-refractivity contribution >= 4 is 28.4 Å². The van der Waals surface area contributed by atoms with Crippen molar-refractivity contribution in [3.05, 3.63) is 64.4 Å². The van der Waals surface area contributed by atoms with Crippen molar-refractivity contribution in [1.29, 1.82) is 0 Å². The van der Waals surface area contributed by atoms with E-state index in [1.807, 2.05) is 30.3 Å². The molecule has 8 heteroatoms. The summed E-state index contributed by atoms with van der Waals surface area (Å²) in [6, 6.07) is 14.7. The van der Waals surface area contributed by atoms with Crippen LogP contribution in [0.2, 0.25) is 0 Å². The van der Waals surface area contributed by atoms with E-state index in [0.29, 0.717) is 23.3 Å². The number of hydrogen-bond donors (Lipinski definition) is 4. The summed E-state index contributed by atoms with van der Waals surface area (Å²) in [6.07, 6.45) is 1.26. The summed E-state index contributed by atoms with van der Waals surface area (Å²) in [4.78, 5) is 31.0. The van der Waals surface area contributed by atoms with E-state index in [9.17, 15) is 9.59 Å². The lowest BCUT2D eigenvalue weighted by Gasteiger charge is -2.29. The lowest BCUT2D eigenvalue weighted by molar-refractivity contribution is -0.150. The average Bonchev–Trinajstić information content (AvgIpc) is 2.73. The number of hydrogen-bond acceptors (Lipinski definition) is 6. The van der Waals surface area contributed by atoms with Crippen molar-refractivity contribution in [1.82, 2.24) is 15.4 Å². The summed E-state index contributed by atoms with van der Waals surface area (Å²) in [7, 11) is 0. The molecule has 2 atom stereocenters. The number of hydroxylamine groups is 1. The predicted octanol–water partition coefficient (Wildman–Crippen LogP) is 2.78. The first kappa shape index (κ1) is 18.1. The van der Waals surface area contributed by atoms with Crippen LogP contribution in [-0.2, 0) is 9.53 Å². The van der Waals surface area contributed by atoms with Gasteiger partial charge in [-0.15, -0.1) is 0 Å². The largest absolute Gasteiger partial charge is 0.360 e. The topological polar surface area (TPSA) is 116 Å². The fourth-order valence-corrected chi connectivity index (χ4v) is 3.43. The van der Waals surface area contributed by atoms with Crippen molar-refractivity contribution in [2.75, 3.05) is 5.32 Å². The zero-order valence-electron chi connectivity index (χ0n) is 15.0. The van der Waals surface area contributed by atoms with Gasteiger partial charge in [0, 0.05) is 5.69 Å². The molecule has 1 saturated heterocycles. The maximum atomic E-state index is 12.2. The Morgan fingerprint density at radius 2 is 2.04 bits per heavy atom. The summed E-state index contributed by atoms with van der Waals surface area (Å²) >= 11 is 0. The molecule has 4 N–H and O–H groups in total. The van der Waals surface area contributed by atoms with Crippen LogP contribution < -0.4 is 16.4 Å². The first-order valence-corrected chi connectivity index (χ1v) is 9.09. The number of nitrogens with one attached hydrogen (secondary N) is 3. The van der Waals surface area contributed by atoms with Crippen molar-refractivity contribution in [2.24, 2.45) is 0 Å². The van der Waals surface area contributed by atoms with Gasteiger partial charge in [0.2, 0.25) is 5.95 Å². The van der Waals surface area contributed by atoms with Crippen LogP contribution in [0.3, 0.4) is 0 Å². The summed E-state index contributed by atoms with van der Waals surface area (Å²) in [5, 5.41) is 12.5. The predicted molar refractivity (Wildman–Crippen MR) is 103 cm³/mol. The van der Waals surface area contributed by atoms with Gasteiger partial charge in [0.25, 0.3) is 11.5 Å². The van der Waals surface area contributed by atoms with Crippen LogP contribution in [0.1, 0.15) is 30.9 Å². The number of aromatic nitrogens is 2. The highest BCUT2D eigenvalue weighted by Gasteiger charge is 2.28. The smallest absolute Gasteiger partial charge is 0.272 e. The molecule has 8 nitrogen and oxygen atoms in total. The van der Waals surface area contributed by atoms with Gasteiger partial charge >= 0.3 is 0 Å².